The van der Waals surface area contributed by atoms with Crippen LogP contribution in [0.2, 0.25) is 0 Å². The van der Waals surface area contributed by atoms with Gasteiger partial charge in [0.15, 0.2) is 0 Å². The van der Waals surface area contributed by atoms with Crippen molar-refractivity contribution in [2.75, 3.05) is 24.6 Å². The van der Waals surface area contributed by atoms with Crippen LogP contribution < -0.4 is 4.90 Å². The molecule has 22 heavy (non-hydrogen) atoms. The molecule has 1 aromatic carbocycles. The highest BCUT2D eigenvalue weighted by molar-refractivity contribution is 5.72. The molecule has 0 saturated carbocycles. The van der Waals surface area contributed by atoms with Gasteiger partial charge in [0, 0.05) is 13.1 Å². The molecule has 0 bridgehead atoms. The number of piperidine rings is 1. The molecule has 1 aliphatic heterocycles. The Bertz CT molecular complexity index is 616. The van der Waals surface area contributed by atoms with E-state index in [1.165, 1.54) is 0 Å². The average Bonchev–Trinajstić information content (AvgIpc) is 3.06. The first-order valence-electron chi connectivity index (χ1n) is 7.79. The first-order chi connectivity index (χ1) is 10.8. The Kier molecular flexibility index (Phi) is 4.42. The summed E-state index contributed by atoms with van der Waals surface area (Å²) < 4.78 is 6.99. The molecule has 0 radical (unpaired) electrons. The van der Waals surface area contributed by atoms with Crippen molar-refractivity contribution >= 4 is 11.7 Å². The van der Waals surface area contributed by atoms with E-state index in [9.17, 15) is 4.79 Å². The lowest BCUT2D eigenvalue weighted by atomic mass is 9.97. The standard InChI is InChI=1S/C17H21N3O2/c1-2-22-17(21)14-8-10-19(11-9-14)16-12-18-20(13-16)15-6-4-3-5-7-15/h3-7,12-14H,2,8-11H2,1H3. The van der Waals surface area contributed by atoms with Crippen LogP contribution in [0.1, 0.15) is 19.8 Å². The fourth-order valence-electron chi connectivity index (χ4n) is 2.83. The van der Waals surface area contributed by atoms with Crippen LogP contribution in [-0.2, 0) is 9.53 Å². The molecule has 0 amide bonds. The number of rotatable bonds is 4. The van der Waals surface area contributed by atoms with Crippen molar-refractivity contribution in [3.05, 3.63) is 42.7 Å². The number of benzene rings is 1. The van der Waals surface area contributed by atoms with Gasteiger partial charge in [-0.05, 0) is 31.9 Å². The maximum Gasteiger partial charge on any atom is 0.309 e. The molecule has 0 aliphatic carbocycles. The van der Waals surface area contributed by atoms with Gasteiger partial charge >= 0.3 is 5.97 Å². The van der Waals surface area contributed by atoms with Crippen molar-refractivity contribution < 1.29 is 9.53 Å². The molecular formula is C17H21N3O2. The Labute approximate surface area is 130 Å². The lowest BCUT2D eigenvalue weighted by molar-refractivity contribution is -0.148. The number of hydrogen-bond donors (Lipinski definition) is 0. The molecule has 0 unspecified atom stereocenters. The van der Waals surface area contributed by atoms with E-state index >= 15 is 0 Å². The Morgan fingerprint density at radius 1 is 1.23 bits per heavy atom. The highest BCUT2D eigenvalue weighted by Gasteiger charge is 2.26. The van der Waals surface area contributed by atoms with Gasteiger partial charge in [0.2, 0.25) is 0 Å². The van der Waals surface area contributed by atoms with E-state index in [-0.39, 0.29) is 11.9 Å². The fourth-order valence-corrected chi connectivity index (χ4v) is 2.83. The van der Waals surface area contributed by atoms with Crippen LogP contribution in [0.25, 0.3) is 5.69 Å². The number of carbonyl (C=O) groups is 1. The van der Waals surface area contributed by atoms with Gasteiger partial charge < -0.3 is 9.64 Å². The number of carbonyl (C=O) groups excluding carboxylic acids is 1. The lowest BCUT2D eigenvalue weighted by Gasteiger charge is -2.31. The third kappa shape index (κ3) is 3.13. The third-order valence-corrected chi connectivity index (χ3v) is 4.07. The maximum absolute atomic E-state index is 11.8. The van der Waals surface area contributed by atoms with Gasteiger partial charge in [-0.25, -0.2) is 4.68 Å². The van der Waals surface area contributed by atoms with E-state index in [0.29, 0.717) is 6.61 Å². The van der Waals surface area contributed by atoms with E-state index in [4.69, 9.17) is 4.74 Å². The molecule has 116 valence electrons. The molecule has 5 nitrogen and oxygen atoms in total. The normalized spacial score (nSPS) is 15.8. The second-order valence-corrected chi connectivity index (χ2v) is 5.49. The van der Waals surface area contributed by atoms with Crippen LogP contribution in [0.5, 0.6) is 0 Å². The second-order valence-electron chi connectivity index (χ2n) is 5.49. The monoisotopic (exact) mass is 299 g/mol. The smallest absolute Gasteiger partial charge is 0.309 e. The zero-order valence-electron chi connectivity index (χ0n) is 12.8. The minimum atomic E-state index is -0.0536. The molecule has 1 saturated heterocycles. The van der Waals surface area contributed by atoms with Crippen LogP contribution in [0.15, 0.2) is 42.7 Å². The molecular weight excluding hydrogens is 278 g/mol. The van der Waals surface area contributed by atoms with Crippen molar-refractivity contribution in [3.8, 4) is 5.69 Å². The first-order valence-corrected chi connectivity index (χ1v) is 7.79. The van der Waals surface area contributed by atoms with Crippen molar-refractivity contribution in [3.63, 3.8) is 0 Å². The van der Waals surface area contributed by atoms with Gasteiger partial charge in [0.25, 0.3) is 0 Å². The highest BCUT2D eigenvalue weighted by Crippen LogP contribution is 2.24. The zero-order chi connectivity index (χ0) is 15.4. The third-order valence-electron chi connectivity index (χ3n) is 4.07. The van der Waals surface area contributed by atoms with Crippen molar-refractivity contribution in [2.45, 2.75) is 19.8 Å². The quantitative estimate of drug-likeness (QED) is 0.814. The SMILES string of the molecule is CCOC(=O)C1CCN(c2cnn(-c3ccccc3)c2)CC1. The largest absolute Gasteiger partial charge is 0.466 e. The summed E-state index contributed by atoms with van der Waals surface area (Å²) in [6.45, 7) is 4.04. The summed E-state index contributed by atoms with van der Waals surface area (Å²) >= 11 is 0. The van der Waals surface area contributed by atoms with Gasteiger partial charge in [0.1, 0.15) is 0 Å². The Balaban J connectivity index is 1.63. The summed E-state index contributed by atoms with van der Waals surface area (Å²) in [6, 6.07) is 10.1. The van der Waals surface area contributed by atoms with Gasteiger partial charge in [-0.15, -0.1) is 0 Å². The molecule has 0 spiro atoms. The van der Waals surface area contributed by atoms with Gasteiger partial charge in [-0.3, -0.25) is 4.79 Å². The molecule has 1 fully saturated rings. The fraction of sp³-hybridized carbons (Fsp3) is 0.412. The van der Waals surface area contributed by atoms with Gasteiger partial charge in [-0.1, -0.05) is 18.2 Å². The van der Waals surface area contributed by atoms with Gasteiger partial charge in [0.05, 0.1) is 36.3 Å². The molecule has 2 heterocycles. The predicted molar refractivity (Wildman–Crippen MR) is 85.1 cm³/mol. The minimum absolute atomic E-state index is 0.0420. The van der Waals surface area contributed by atoms with Crippen LogP contribution in [-0.4, -0.2) is 35.4 Å². The van der Waals surface area contributed by atoms with Crippen molar-refractivity contribution in [1.29, 1.82) is 0 Å². The van der Waals surface area contributed by atoms with E-state index in [0.717, 1.165) is 37.3 Å². The maximum atomic E-state index is 11.8. The van der Waals surface area contributed by atoms with E-state index in [2.05, 4.69) is 10.00 Å². The zero-order valence-corrected chi connectivity index (χ0v) is 12.8. The topological polar surface area (TPSA) is 47.4 Å². The summed E-state index contributed by atoms with van der Waals surface area (Å²) in [6.07, 6.45) is 5.61. The predicted octanol–water partition coefficient (Wildman–Crippen LogP) is 2.65. The summed E-state index contributed by atoms with van der Waals surface area (Å²) in [4.78, 5) is 14.1. The van der Waals surface area contributed by atoms with E-state index < -0.39 is 0 Å². The van der Waals surface area contributed by atoms with Crippen LogP contribution in [0, 0.1) is 5.92 Å². The first kappa shape index (κ1) is 14.6. The number of para-hydroxylation sites is 1. The van der Waals surface area contributed by atoms with Crippen LogP contribution in [0.3, 0.4) is 0 Å². The van der Waals surface area contributed by atoms with Crippen molar-refractivity contribution in [1.82, 2.24) is 9.78 Å². The molecule has 3 rings (SSSR count). The summed E-state index contributed by atoms with van der Waals surface area (Å²) in [7, 11) is 0. The Morgan fingerprint density at radius 3 is 2.64 bits per heavy atom. The molecule has 2 aromatic rings. The number of nitrogens with zero attached hydrogens (tertiary/aromatic N) is 3. The average molecular weight is 299 g/mol. The number of ether oxygens (including phenoxy) is 1. The lowest BCUT2D eigenvalue weighted by Crippen LogP contribution is -2.36. The Hall–Kier alpha value is -2.30. The number of esters is 1. The Morgan fingerprint density at radius 2 is 1.95 bits per heavy atom. The number of anilines is 1. The number of aromatic nitrogens is 2. The molecule has 1 aromatic heterocycles. The van der Waals surface area contributed by atoms with Crippen LogP contribution in [0.4, 0.5) is 5.69 Å². The van der Waals surface area contributed by atoms with E-state index in [1.54, 1.807) is 0 Å². The molecule has 5 heteroatoms. The van der Waals surface area contributed by atoms with E-state index in [1.807, 2.05) is 54.3 Å². The van der Waals surface area contributed by atoms with Gasteiger partial charge in [-0.2, -0.15) is 5.10 Å². The van der Waals surface area contributed by atoms with Crippen LogP contribution >= 0.6 is 0 Å². The number of hydrogen-bond acceptors (Lipinski definition) is 4. The highest BCUT2D eigenvalue weighted by atomic mass is 16.5. The minimum Gasteiger partial charge on any atom is -0.466 e. The molecule has 0 N–H and O–H groups in total. The molecule has 1 aliphatic rings. The summed E-state index contributed by atoms with van der Waals surface area (Å²) in [5, 5.41) is 4.43. The summed E-state index contributed by atoms with van der Waals surface area (Å²) in [5.41, 5.74) is 2.15. The van der Waals surface area contributed by atoms with Crippen molar-refractivity contribution in [2.24, 2.45) is 5.92 Å². The summed E-state index contributed by atoms with van der Waals surface area (Å²) in [5.74, 6) is -0.0116. The second kappa shape index (κ2) is 6.64. The molecule has 0 atom stereocenters.